The summed E-state index contributed by atoms with van der Waals surface area (Å²) in [5, 5.41) is 13.8. The van der Waals surface area contributed by atoms with Gasteiger partial charge in [-0.3, -0.25) is 13.8 Å². The van der Waals surface area contributed by atoms with Crippen LogP contribution in [-0.4, -0.2) is 73.4 Å². The average molecular weight is 906 g/mol. The largest absolute Gasteiger partial charge is 0.472 e. The molecule has 0 bridgehead atoms. The third-order valence-electron chi connectivity index (χ3n) is 11.4. The number of unbranched alkanes of at least 4 members (excludes halogenated alkanes) is 26. The molecule has 9 heteroatoms. The van der Waals surface area contributed by atoms with E-state index in [-0.39, 0.29) is 19.1 Å². The number of carbonyl (C=O) groups is 1. The molecular formula is C54H102N2O6P+. The van der Waals surface area contributed by atoms with E-state index in [1.165, 1.54) is 148 Å². The third kappa shape index (κ3) is 48.0. The van der Waals surface area contributed by atoms with Crippen LogP contribution in [0, 0.1) is 0 Å². The number of nitrogens with one attached hydrogen (secondary N) is 1. The number of likely N-dealkylation sites (N-methyl/N-ethyl adjacent to an activating group) is 1. The summed E-state index contributed by atoms with van der Waals surface area (Å²) in [4.78, 5) is 23.1. The molecule has 3 atom stereocenters. The predicted molar refractivity (Wildman–Crippen MR) is 272 cm³/mol. The van der Waals surface area contributed by atoms with Gasteiger partial charge in [0, 0.05) is 6.42 Å². The minimum atomic E-state index is -4.35. The molecule has 0 rings (SSSR count). The van der Waals surface area contributed by atoms with Crippen LogP contribution in [0.2, 0.25) is 0 Å². The Bertz CT molecular complexity index is 1210. The molecule has 0 fully saturated rings. The topological polar surface area (TPSA) is 105 Å². The molecule has 0 spiro atoms. The Morgan fingerprint density at radius 2 is 0.968 bits per heavy atom. The normalized spacial score (nSPS) is 14.6. The zero-order chi connectivity index (χ0) is 46.4. The summed E-state index contributed by atoms with van der Waals surface area (Å²) in [6.07, 6.45) is 60.6. The van der Waals surface area contributed by atoms with Gasteiger partial charge in [0.2, 0.25) is 5.91 Å². The standard InChI is InChI=1S/C54H101N2O6P/c1-6-8-10-12-14-16-18-19-20-21-22-23-24-25-26-27-28-29-30-31-32-33-34-35-36-37-38-40-42-44-46-48-54(58)55-52(51-62-63(59,60)61-50-49-56(3,4)5)53(57)47-45-43-41-39-17-15-13-11-9-7-2/h9,11,17,22-23,25-26,39,45,47,52-53,57H,6-8,10,12-16,18-21,24,27-38,40-44,46,48-51H2,1-5H3,(H-,55,58,59,60)/p+1/b11-9+,23-22-,26-25-,39-17+,47-45+. The highest BCUT2D eigenvalue weighted by Crippen LogP contribution is 2.43. The minimum absolute atomic E-state index is 0.0519. The molecule has 63 heavy (non-hydrogen) atoms. The summed E-state index contributed by atoms with van der Waals surface area (Å²) < 4.78 is 23.5. The van der Waals surface area contributed by atoms with Gasteiger partial charge < -0.3 is 19.8 Å². The van der Waals surface area contributed by atoms with Gasteiger partial charge in [0.1, 0.15) is 13.2 Å². The maximum Gasteiger partial charge on any atom is 0.472 e. The van der Waals surface area contributed by atoms with Crippen molar-refractivity contribution >= 4 is 13.7 Å². The first kappa shape index (κ1) is 61.2. The van der Waals surface area contributed by atoms with Crippen LogP contribution in [0.3, 0.4) is 0 Å². The fraction of sp³-hybridized carbons (Fsp3) is 0.796. The Labute approximate surface area is 390 Å². The van der Waals surface area contributed by atoms with Gasteiger partial charge in [0.15, 0.2) is 0 Å². The van der Waals surface area contributed by atoms with Crippen molar-refractivity contribution in [1.29, 1.82) is 0 Å². The van der Waals surface area contributed by atoms with Crippen molar-refractivity contribution in [2.75, 3.05) is 40.9 Å². The summed E-state index contributed by atoms with van der Waals surface area (Å²) in [6.45, 7) is 4.66. The SMILES string of the molecule is CC/C=C/CC/C=C/CC/C=C/C(O)C(COP(=O)(O)OCC[N+](C)(C)C)NC(=O)CCCCCCCCCCCCCCCCC/C=C\C/C=C\CCCCCCCCCCC. The van der Waals surface area contributed by atoms with E-state index < -0.39 is 20.0 Å². The van der Waals surface area contributed by atoms with Gasteiger partial charge in [-0.25, -0.2) is 4.57 Å². The van der Waals surface area contributed by atoms with E-state index in [2.05, 4.69) is 67.8 Å². The minimum Gasteiger partial charge on any atom is -0.387 e. The number of aliphatic hydroxyl groups excluding tert-OH is 1. The lowest BCUT2D eigenvalue weighted by atomic mass is 10.0. The first-order valence-electron chi connectivity index (χ1n) is 26.2. The molecule has 0 saturated heterocycles. The fourth-order valence-electron chi connectivity index (χ4n) is 7.35. The number of phosphoric ester groups is 1. The van der Waals surface area contributed by atoms with Gasteiger partial charge in [-0.1, -0.05) is 209 Å². The van der Waals surface area contributed by atoms with E-state index in [0.717, 1.165) is 57.8 Å². The summed E-state index contributed by atoms with van der Waals surface area (Å²) in [5.41, 5.74) is 0. The molecule has 3 N–H and O–H groups in total. The maximum atomic E-state index is 12.9. The van der Waals surface area contributed by atoms with Crippen molar-refractivity contribution in [3.05, 3.63) is 60.8 Å². The summed E-state index contributed by atoms with van der Waals surface area (Å²) in [7, 11) is 1.54. The molecule has 0 aromatic rings. The van der Waals surface area contributed by atoms with Crippen molar-refractivity contribution in [3.8, 4) is 0 Å². The van der Waals surface area contributed by atoms with Crippen LogP contribution in [0.15, 0.2) is 60.8 Å². The Morgan fingerprint density at radius 1 is 0.556 bits per heavy atom. The predicted octanol–water partition coefficient (Wildman–Crippen LogP) is 15.4. The monoisotopic (exact) mass is 906 g/mol. The van der Waals surface area contributed by atoms with Gasteiger partial charge in [-0.2, -0.15) is 0 Å². The number of hydrogen-bond donors (Lipinski definition) is 3. The van der Waals surface area contributed by atoms with Crippen LogP contribution < -0.4 is 5.32 Å². The Kier molecular flexibility index (Phi) is 44.1. The van der Waals surface area contributed by atoms with Crippen LogP contribution in [0.1, 0.15) is 226 Å². The average Bonchev–Trinajstić information content (AvgIpc) is 3.24. The first-order valence-corrected chi connectivity index (χ1v) is 27.7. The smallest absolute Gasteiger partial charge is 0.387 e. The summed E-state index contributed by atoms with van der Waals surface area (Å²) in [6, 6.07) is -0.869. The molecule has 3 unspecified atom stereocenters. The number of allylic oxidation sites excluding steroid dienone is 9. The molecule has 0 radical (unpaired) electrons. The van der Waals surface area contributed by atoms with E-state index in [9.17, 15) is 19.4 Å². The molecule has 368 valence electrons. The molecular weight excluding hydrogens is 804 g/mol. The molecule has 0 aromatic heterocycles. The quantitative estimate of drug-likeness (QED) is 0.0243. The highest BCUT2D eigenvalue weighted by molar-refractivity contribution is 7.47. The van der Waals surface area contributed by atoms with E-state index in [1.807, 2.05) is 27.2 Å². The van der Waals surface area contributed by atoms with Crippen molar-refractivity contribution in [1.82, 2.24) is 5.32 Å². The highest BCUT2D eigenvalue weighted by atomic mass is 31.2. The van der Waals surface area contributed by atoms with Crippen LogP contribution >= 0.6 is 7.82 Å². The maximum absolute atomic E-state index is 12.9. The van der Waals surface area contributed by atoms with E-state index in [1.54, 1.807) is 6.08 Å². The van der Waals surface area contributed by atoms with Gasteiger partial charge in [0.25, 0.3) is 0 Å². The van der Waals surface area contributed by atoms with Gasteiger partial charge in [-0.15, -0.1) is 0 Å². The zero-order valence-corrected chi connectivity index (χ0v) is 42.7. The van der Waals surface area contributed by atoms with Crippen molar-refractivity contribution in [2.24, 2.45) is 0 Å². The number of rotatable bonds is 47. The molecule has 0 aromatic carbocycles. The Hall–Kier alpha value is -1.80. The molecule has 0 aliphatic heterocycles. The molecule has 0 aliphatic carbocycles. The van der Waals surface area contributed by atoms with Gasteiger partial charge in [-0.05, 0) is 70.6 Å². The number of nitrogens with zero attached hydrogens (tertiary/aromatic N) is 1. The third-order valence-corrected chi connectivity index (χ3v) is 12.4. The number of hydrogen-bond acceptors (Lipinski definition) is 5. The number of aliphatic hydroxyl groups is 1. The second-order valence-corrected chi connectivity index (χ2v) is 20.3. The number of quaternary nitrogens is 1. The van der Waals surface area contributed by atoms with E-state index in [0.29, 0.717) is 17.4 Å². The zero-order valence-electron chi connectivity index (χ0n) is 41.8. The highest BCUT2D eigenvalue weighted by Gasteiger charge is 2.27. The van der Waals surface area contributed by atoms with E-state index in [4.69, 9.17) is 9.05 Å². The van der Waals surface area contributed by atoms with Crippen molar-refractivity contribution in [2.45, 2.75) is 238 Å². The number of amides is 1. The molecule has 0 saturated carbocycles. The van der Waals surface area contributed by atoms with Crippen molar-refractivity contribution < 1.29 is 32.9 Å². The molecule has 0 aliphatic rings. The lowest BCUT2D eigenvalue weighted by Gasteiger charge is -2.25. The number of phosphoric acid groups is 1. The van der Waals surface area contributed by atoms with Crippen LogP contribution in [0.25, 0.3) is 0 Å². The van der Waals surface area contributed by atoms with Gasteiger partial charge in [0.05, 0.1) is 39.9 Å². The van der Waals surface area contributed by atoms with Crippen LogP contribution in [0.5, 0.6) is 0 Å². The molecule has 8 nitrogen and oxygen atoms in total. The van der Waals surface area contributed by atoms with Crippen molar-refractivity contribution in [3.63, 3.8) is 0 Å². The van der Waals surface area contributed by atoms with Crippen LogP contribution in [-0.2, 0) is 18.4 Å². The van der Waals surface area contributed by atoms with Gasteiger partial charge >= 0.3 is 7.82 Å². The number of carbonyl (C=O) groups excluding carboxylic acids is 1. The fourth-order valence-corrected chi connectivity index (χ4v) is 8.08. The second kappa shape index (κ2) is 45.4. The van der Waals surface area contributed by atoms with Crippen LogP contribution in [0.4, 0.5) is 0 Å². The molecule has 0 heterocycles. The molecule has 1 amide bonds. The second-order valence-electron chi connectivity index (χ2n) is 18.8. The Balaban J connectivity index is 4.04. The summed E-state index contributed by atoms with van der Waals surface area (Å²) >= 11 is 0. The lowest BCUT2D eigenvalue weighted by Crippen LogP contribution is -2.45. The summed E-state index contributed by atoms with van der Waals surface area (Å²) in [5.74, 6) is -0.194. The van der Waals surface area contributed by atoms with E-state index >= 15 is 0 Å². The Morgan fingerprint density at radius 3 is 1.43 bits per heavy atom. The lowest BCUT2D eigenvalue weighted by molar-refractivity contribution is -0.870. The first-order chi connectivity index (χ1) is 30.5.